The average molecular weight is 274 g/mol. The van der Waals surface area contributed by atoms with Gasteiger partial charge in [-0.1, -0.05) is 0 Å². The topological polar surface area (TPSA) is 44.1 Å². The largest absolute Gasteiger partial charge is 0.496 e. The van der Waals surface area contributed by atoms with E-state index in [1.807, 2.05) is 6.20 Å². The highest BCUT2D eigenvalue weighted by Gasteiger charge is 2.26. The molecule has 0 radical (unpaired) electrons. The normalized spacial score (nSPS) is 14.3. The van der Waals surface area contributed by atoms with Gasteiger partial charge in [0.2, 0.25) is 0 Å². The fourth-order valence-electron chi connectivity index (χ4n) is 2.25. The molecule has 1 heterocycles. The number of imidazole rings is 1. The molecule has 0 N–H and O–H groups in total. The first-order valence-electron chi connectivity index (χ1n) is 6.53. The molecule has 1 aliphatic rings. The molecule has 5 heteroatoms. The van der Waals surface area contributed by atoms with Crippen LogP contribution < -0.4 is 4.74 Å². The Balaban J connectivity index is 2.07. The molecule has 4 nitrogen and oxygen atoms in total. The minimum absolute atomic E-state index is 0.161. The summed E-state index contributed by atoms with van der Waals surface area (Å²) in [5.74, 6) is 0.156. The lowest BCUT2D eigenvalue weighted by molar-refractivity contribution is 0.101. The summed E-state index contributed by atoms with van der Waals surface area (Å²) >= 11 is 0. The minimum atomic E-state index is -0.438. The number of Topliss-reactive ketones (excluding diaryl/α,β-unsaturated/α-hetero) is 1. The minimum Gasteiger partial charge on any atom is -0.496 e. The average Bonchev–Trinajstić information content (AvgIpc) is 3.16. The summed E-state index contributed by atoms with van der Waals surface area (Å²) in [6, 6.07) is 2.75. The van der Waals surface area contributed by atoms with Crippen LogP contribution in [-0.4, -0.2) is 22.4 Å². The van der Waals surface area contributed by atoms with Gasteiger partial charge in [0.15, 0.2) is 11.6 Å². The van der Waals surface area contributed by atoms with E-state index in [1.165, 1.54) is 26.2 Å². The Labute approximate surface area is 116 Å². The van der Waals surface area contributed by atoms with Crippen molar-refractivity contribution in [3.05, 3.63) is 41.7 Å². The summed E-state index contributed by atoms with van der Waals surface area (Å²) in [6.07, 6.45) is 5.69. The number of benzene rings is 1. The molecule has 0 spiro atoms. The zero-order valence-corrected chi connectivity index (χ0v) is 11.4. The fourth-order valence-corrected chi connectivity index (χ4v) is 2.25. The lowest BCUT2D eigenvalue weighted by Crippen LogP contribution is -2.03. The number of hydrogen-bond acceptors (Lipinski definition) is 3. The van der Waals surface area contributed by atoms with E-state index in [0.717, 1.165) is 18.5 Å². The van der Waals surface area contributed by atoms with Gasteiger partial charge in [-0.05, 0) is 25.8 Å². The lowest BCUT2D eigenvalue weighted by Gasteiger charge is -2.10. The molecule has 1 saturated carbocycles. The molecule has 2 aromatic rings. The van der Waals surface area contributed by atoms with Gasteiger partial charge in [0.1, 0.15) is 5.75 Å². The van der Waals surface area contributed by atoms with Gasteiger partial charge in [-0.2, -0.15) is 0 Å². The Bertz CT molecular complexity index is 675. The van der Waals surface area contributed by atoms with E-state index in [2.05, 4.69) is 4.98 Å². The molecule has 3 rings (SSSR count). The zero-order chi connectivity index (χ0) is 14.3. The summed E-state index contributed by atoms with van der Waals surface area (Å²) in [4.78, 5) is 15.9. The molecular weight excluding hydrogens is 259 g/mol. The Morgan fingerprint density at radius 3 is 2.80 bits per heavy atom. The third kappa shape index (κ3) is 2.19. The van der Waals surface area contributed by atoms with E-state index in [0.29, 0.717) is 17.2 Å². The molecule has 1 aliphatic carbocycles. The monoisotopic (exact) mass is 274 g/mol. The van der Waals surface area contributed by atoms with Gasteiger partial charge < -0.3 is 9.30 Å². The highest BCUT2D eigenvalue weighted by atomic mass is 19.1. The lowest BCUT2D eigenvalue weighted by atomic mass is 10.1. The van der Waals surface area contributed by atoms with E-state index in [4.69, 9.17) is 4.74 Å². The molecule has 20 heavy (non-hydrogen) atoms. The van der Waals surface area contributed by atoms with Gasteiger partial charge in [0, 0.05) is 18.2 Å². The third-order valence-corrected chi connectivity index (χ3v) is 3.52. The second-order valence-electron chi connectivity index (χ2n) is 5.04. The first-order chi connectivity index (χ1) is 9.60. The van der Waals surface area contributed by atoms with Crippen molar-refractivity contribution in [1.29, 1.82) is 0 Å². The molecule has 0 bridgehead atoms. The van der Waals surface area contributed by atoms with Crippen molar-refractivity contribution in [2.45, 2.75) is 25.7 Å². The van der Waals surface area contributed by atoms with E-state index in [9.17, 15) is 9.18 Å². The molecule has 1 fully saturated rings. The molecular formula is C15H15FN2O2. The number of rotatable bonds is 4. The van der Waals surface area contributed by atoms with Crippen LogP contribution in [-0.2, 0) is 0 Å². The number of aromatic nitrogens is 2. The maximum atomic E-state index is 14.2. The second kappa shape index (κ2) is 4.74. The number of ether oxygens (including phenoxy) is 1. The maximum absolute atomic E-state index is 14.2. The fraction of sp³-hybridized carbons (Fsp3) is 0.333. The van der Waals surface area contributed by atoms with Crippen molar-refractivity contribution in [2.24, 2.45) is 0 Å². The number of methoxy groups -OCH3 is 1. The van der Waals surface area contributed by atoms with Crippen molar-refractivity contribution in [3.63, 3.8) is 0 Å². The van der Waals surface area contributed by atoms with Crippen molar-refractivity contribution < 1.29 is 13.9 Å². The zero-order valence-electron chi connectivity index (χ0n) is 11.4. The first kappa shape index (κ1) is 12.8. The Morgan fingerprint density at radius 2 is 2.20 bits per heavy atom. The summed E-state index contributed by atoms with van der Waals surface area (Å²) in [7, 11) is 1.42. The van der Waals surface area contributed by atoms with E-state index < -0.39 is 5.82 Å². The predicted octanol–water partition coefficient (Wildman–Crippen LogP) is 3.10. The summed E-state index contributed by atoms with van der Waals surface area (Å²) < 4.78 is 20.8. The quantitative estimate of drug-likeness (QED) is 0.805. The van der Waals surface area contributed by atoms with Crippen LogP contribution in [0.15, 0.2) is 24.7 Å². The van der Waals surface area contributed by atoms with Crippen LogP contribution in [0.25, 0.3) is 5.69 Å². The van der Waals surface area contributed by atoms with Gasteiger partial charge in [0.05, 0.1) is 30.4 Å². The maximum Gasteiger partial charge on any atom is 0.163 e. The number of carbonyl (C=O) groups excluding carboxylic acids is 1. The van der Waals surface area contributed by atoms with Crippen LogP contribution >= 0.6 is 0 Å². The number of nitrogens with zero attached hydrogens (tertiary/aromatic N) is 2. The summed E-state index contributed by atoms with van der Waals surface area (Å²) in [5, 5.41) is 0. The van der Waals surface area contributed by atoms with Crippen LogP contribution in [0.4, 0.5) is 4.39 Å². The second-order valence-corrected chi connectivity index (χ2v) is 5.04. The Morgan fingerprint density at radius 1 is 1.45 bits per heavy atom. The Hall–Kier alpha value is -2.17. The van der Waals surface area contributed by atoms with Gasteiger partial charge in [-0.3, -0.25) is 4.79 Å². The molecule has 0 aliphatic heterocycles. The van der Waals surface area contributed by atoms with Crippen molar-refractivity contribution >= 4 is 5.78 Å². The van der Waals surface area contributed by atoms with Gasteiger partial charge >= 0.3 is 0 Å². The number of carbonyl (C=O) groups is 1. The first-order valence-corrected chi connectivity index (χ1v) is 6.53. The molecule has 0 atom stereocenters. The van der Waals surface area contributed by atoms with Gasteiger partial charge in [-0.15, -0.1) is 0 Å². The van der Waals surface area contributed by atoms with Crippen LogP contribution in [0.1, 0.15) is 41.7 Å². The molecule has 1 aromatic heterocycles. The number of halogens is 1. The molecule has 1 aromatic carbocycles. The highest BCUT2D eigenvalue weighted by molar-refractivity contribution is 5.97. The van der Waals surface area contributed by atoms with Crippen LogP contribution in [0, 0.1) is 5.82 Å². The van der Waals surface area contributed by atoms with E-state index in [1.54, 1.807) is 10.9 Å². The van der Waals surface area contributed by atoms with Gasteiger partial charge in [0.25, 0.3) is 0 Å². The van der Waals surface area contributed by atoms with Crippen molar-refractivity contribution in [3.8, 4) is 11.4 Å². The third-order valence-electron chi connectivity index (χ3n) is 3.52. The standard InChI is InChI=1S/C15H15FN2O2/c1-9(19)11-5-14(12(16)6-15(11)20-2)18-7-13(17-8-18)10-3-4-10/h5-8,10H,3-4H2,1-2H3. The van der Waals surface area contributed by atoms with Crippen molar-refractivity contribution in [1.82, 2.24) is 9.55 Å². The molecule has 104 valence electrons. The molecule has 0 amide bonds. The van der Waals surface area contributed by atoms with E-state index in [-0.39, 0.29) is 11.5 Å². The highest BCUT2D eigenvalue weighted by Crippen LogP contribution is 2.39. The summed E-state index contributed by atoms with van der Waals surface area (Å²) in [6.45, 7) is 1.43. The smallest absolute Gasteiger partial charge is 0.163 e. The molecule has 0 saturated heterocycles. The van der Waals surface area contributed by atoms with Crippen molar-refractivity contribution in [2.75, 3.05) is 7.11 Å². The predicted molar refractivity (Wildman–Crippen MR) is 72.1 cm³/mol. The van der Waals surface area contributed by atoms with E-state index >= 15 is 0 Å². The number of hydrogen-bond donors (Lipinski definition) is 0. The van der Waals surface area contributed by atoms with Crippen LogP contribution in [0.2, 0.25) is 0 Å². The SMILES string of the molecule is COc1cc(F)c(-n2cnc(C3CC3)c2)cc1C(C)=O. The van der Waals surface area contributed by atoms with Crippen LogP contribution in [0.5, 0.6) is 5.75 Å². The van der Waals surface area contributed by atoms with Crippen LogP contribution in [0.3, 0.4) is 0 Å². The number of ketones is 1. The Kier molecular flexibility index (Phi) is 3.04. The van der Waals surface area contributed by atoms with Gasteiger partial charge in [-0.25, -0.2) is 9.37 Å². The summed E-state index contributed by atoms with van der Waals surface area (Å²) in [5.41, 5.74) is 1.66. The molecule has 0 unspecified atom stereocenters.